The van der Waals surface area contributed by atoms with Crippen LogP contribution in [0.2, 0.25) is 0 Å². The number of nitrogens with zero attached hydrogens (tertiary/aromatic N) is 4. The number of fused-ring (bicyclic) bond motifs is 1. The molecule has 184 valence electrons. The van der Waals surface area contributed by atoms with Crippen LogP contribution < -0.4 is 5.32 Å². The summed E-state index contributed by atoms with van der Waals surface area (Å²) in [7, 11) is -1.73. The number of carbonyl (C=O) groups is 1. The van der Waals surface area contributed by atoms with Crippen LogP contribution in [0.1, 0.15) is 38.9 Å². The first-order valence-electron chi connectivity index (χ1n) is 11.4. The third-order valence-corrected chi connectivity index (χ3v) is 8.26. The van der Waals surface area contributed by atoms with E-state index in [9.17, 15) is 22.0 Å². The van der Waals surface area contributed by atoms with Gasteiger partial charge in [0.2, 0.25) is 15.9 Å². The number of hydrogen-bond acceptors (Lipinski definition) is 5. The maximum Gasteiger partial charge on any atom is 0.251 e. The molecule has 1 fully saturated rings. The van der Waals surface area contributed by atoms with Crippen LogP contribution in [0.15, 0.2) is 23.1 Å². The van der Waals surface area contributed by atoms with E-state index in [1.54, 1.807) is 36.9 Å². The smallest absolute Gasteiger partial charge is 0.251 e. The van der Waals surface area contributed by atoms with Gasteiger partial charge in [-0.05, 0) is 31.0 Å². The van der Waals surface area contributed by atoms with E-state index < -0.39 is 16.4 Å². The van der Waals surface area contributed by atoms with Crippen molar-refractivity contribution >= 4 is 27.0 Å². The van der Waals surface area contributed by atoms with Crippen molar-refractivity contribution in [1.29, 1.82) is 0 Å². The quantitative estimate of drug-likeness (QED) is 0.558. The molecule has 0 radical (unpaired) electrons. The van der Waals surface area contributed by atoms with Gasteiger partial charge in [-0.1, -0.05) is 13.8 Å². The number of nitrogens with one attached hydrogen (secondary N) is 1. The summed E-state index contributed by atoms with van der Waals surface area (Å²) in [4.78, 5) is 18.9. The van der Waals surface area contributed by atoms with Gasteiger partial charge in [-0.25, -0.2) is 22.2 Å². The van der Waals surface area contributed by atoms with Crippen LogP contribution in [0, 0.1) is 0 Å². The van der Waals surface area contributed by atoms with Crippen LogP contribution in [0.3, 0.4) is 0 Å². The molecule has 1 saturated heterocycles. The summed E-state index contributed by atoms with van der Waals surface area (Å²) >= 11 is 0. The number of amides is 1. The molecule has 3 rings (SSSR count). The van der Waals surface area contributed by atoms with E-state index in [0.717, 1.165) is 5.52 Å². The molecule has 1 N–H and O–H groups in total. The monoisotopic (exact) mass is 485 g/mol. The highest BCUT2D eigenvalue weighted by molar-refractivity contribution is 7.89. The maximum absolute atomic E-state index is 12.8. The fraction of sp³-hybridized carbons (Fsp3) is 0.636. The predicted octanol–water partition coefficient (Wildman–Crippen LogP) is 2.38. The highest BCUT2D eigenvalue weighted by atomic mass is 32.2. The van der Waals surface area contributed by atoms with Gasteiger partial charge in [-0.15, -0.1) is 0 Å². The number of sulfonamides is 1. The van der Waals surface area contributed by atoms with E-state index in [2.05, 4.69) is 10.3 Å². The summed E-state index contributed by atoms with van der Waals surface area (Å²) in [5.74, 6) is 0.600. The number of imidazole rings is 1. The van der Waals surface area contributed by atoms with Gasteiger partial charge in [0.05, 0.1) is 22.5 Å². The van der Waals surface area contributed by atoms with E-state index in [1.165, 1.54) is 4.31 Å². The van der Waals surface area contributed by atoms with Crippen LogP contribution in [0.4, 0.5) is 8.78 Å². The van der Waals surface area contributed by atoms with Crippen molar-refractivity contribution in [3.05, 3.63) is 24.0 Å². The predicted molar refractivity (Wildman–Crippen MR) is 123 cm³/mol. The summed E-state index contributed by atoms with van der Waals surface area (Å²) in [5.41, 5.74) is 1.38. The summed E-state index contributed by atoms with van der Waals surface area (Å²) < 4.78 is 53.9. The summed E-state index contributed by atoms with van der Waals surface area (Å²) in [6.07, 6.45) is -0.348. The van der Waals surface area contributed by atoms with Crippen LogP contribution in [-0.4, -0.2) is 78.3 Å². The first-order chi connectivity index (χ1) is 15.6. The molecule has 1 aliphatic heterocycles. The van der Waals surface area contributed by atoms with Crippen LogP contribution in [0.25, 0.3) is 11.0 Å². The lowest BCUT2D eigenvalue weighted by Crippen LogP contribution is -2.45. The Morgan fingerprint density at radius 1 is 1.24 bits per heavy atom. The zero-order valence-corrected chi connectivity index (χ0v) is 20.2. The molecule has 1 aliphatic rings. The lowest BCUT2D eigenvalue weighted by molar-refractivity contribution is -0.122. The highest BCUT2D eigenvalue weighted by Gasteiger charge is 2.24. The number of aromatic nitrogens is 2. The van der Waals surface area contributed by atoms with E-state index in [-0.39, 0.29) is 29.8 Å². The third-order valence-electron chi connectivity index (χ3n) is 6.21. The summed E-state index contributed by atoms with van der Waals surface area (Å²) in [6, 6.07) is 4.92. The minimum atomic E-state index is -3.57. The Hall–Kier alpha value is -2.11. The number of rotatable bonds is 10. The molecule has 2 aromatic rings. The van der Waals surface area contributed by atoms with Crippen molar-refractivity contribution in [2.75, 3.05) is 32.7 Å². The van der Waals surface area contributed by atoms with Crippen molar-refractivity contribution in [1.82, 2.24) is 24.1 Å². The van der Waals surface area contributed by atoms with Gasteiger partial charge >= 0.3 is 0 Å². The molecule has 1 aromatic carbocycles. The Morgan fingerprint density at radius 3 is 2.52 bits per heavy atom. The summed E-state index contributed by atoms with van der Waals surface area (Å²) in [6.45, 7) is 5.28. The minimum Gasteiger partial charge on any atom is -0.353 e. The molecule has 8 nitrogen and oxygen atoms in total. The lowest BCUT2D eigenvalue weighted by atomic mass is 10.0. The van der Waals surface area contributed by atoms with Gasteiger partial charge in [-0.2, -0.15) is 4.31 Å². The topological polar surface area (TPSA) is 87.5 Å². The van der Waals surface area contributed by atoms with Gasteiger partial charge < -0.3 is 9.88 Å². The second kappa shape index (κ2) is 10.9. The first-order valence-corrected chi connectivity index (χ1v) is 12.8. The molecule has 2 heterocycles. The largest absolute Gasteiger partial charge is 0.353 e. The molecule has 11 heteroatoms. The molecule has 0 bridgehead atoms. The molecule has 33 heavy (non-hydrogen) atoms. The number of carbonyl (C=O) groups excluding carboxylic acids is 1. The Kier molecular flexibility index (Phi) is 8.41. The van der Waals surface area contributed by atoms with Gasteiger partial charge in [0.1, 0.15) is 5.82 Å². The molecule has 0 saturated carbocycles. The Labute approximate surface area is 194 Å². The zero-order valence-electron chi connectivity index (χ0n) is 19.4. The van der Waals surface area contributed by atoms with Crippen molar-refractivity contribution < 1.29 is 22.0 Å². The maximum atomic E-state index is 12.8. The second-order valence-electron chi connectivity index (χ2n) is 8.36. The molecule has 1 aromatic heterocycles. The molecular formula is C22H33F2N5O3S. The average molecular weight is 486 g/mol. The van der Waals surface area contributed by atoms with E-state index in [0.29, 0.717) is 56.8 Å². The SMILES string of the molecule is CCN(CC)S(=O)(=O)c1ccc2c(c1)nc(CCC(=O)NC1CCN(CC(F)F)CC1)n2C. The molecule has 0 aliphatic carbocycles. The Balaban J connectivity index is 1.61. The van der Waals surface area contributed by atoms with E-state index in [1.807, 2.05) is 11.6 Å². The number of hydrogen-bond donors (Lipinski definition) is 1. The lowest BCUT2D eigenvalue weighted by Gasteiger charge is -2.32. The van der Waals surface area contributed by atoms with Crippen molar-refractivity contribution in [3.63, 3.8) is 0 Å². The van der Waals surface area contributed by atoms with Crippen LogP contribution >= 0.6 is 0 Å². The van der Waals surface area contributed by atoms with E-state index in [4.69, 9.17) is 0 Å². The number of alkyl halides is 2. The number of benzene rings is 1. The molecule has 0 unspecified atom stereocenters. The Bertz CT molecular complexity index is 1060. The fourth-order valence-corrected chi connectivity index (χ4v) is 5.78. The molecular weight excluding hydrogens is 452 g/mol. The molecule has 1 amide bonds. The first kappa shape index (κ1) is 25.5. The zero-order chi connectivity index (χ0) is 24.2. The van der Waals surface area contributed by atoms with E-state index >= 15 is 0 Å². The van der Waals surface area contributed by atoms with Crippen molar-refractivity contribution in [2.45, 2.75) is 56.9 Å². The van der Waals surface area contributed by atoms with Crippen molar-refractivity contribution in [2.24, 2.45) is 7.05 Å². The normalized spacial score (nSPS) is 16.2. The number of likely N-dealkylation sites (tertiary alicyclic amines) is 1. The highest BCUT2D eigenvalue weighted by Crippen LogP contribution is 2.23. The fourth-order valence-electron chi connectivity index (χ4n) is 4.31. The number of aryl methyl sites for hydroxylation is 2. The molecule has 0 spiro atoms. The number of piperidine rings is 1. The van der Waals surface area contributed by atoms with Crippen LogP contribution in [0.5, 0.6) is 0 Å². The number of halogens is 2. The standard InChI is InChI=1S/C22H33F2N5O3S/c1-4-29(5-2)33(31,32)17-6-7-19-18(14-17)26-21(27(19)3)8-9-22(30)25-16-10-12-28(13-11-16)15-20(23)24/h6-7,14,16,20H,4-5,8-13,15H2,1-3H3,(H,25,30). The second-order valence-corrected chi connectivity index (χ2v) is 10.3. The van der Waals surface area contributed by atoms with Gasteiger partial charge in [-0.3, -0.25) is 9.69 Å². The van der Waals surface area contributed by atoms with Crippen LogP contribution in [-0.2, 0) is 28.3 Å². The van der Waals surface area contributed by atoms with Crippen molar-refractivity contribution in [3.8, 4) is 0 Å². The van der Waals surface area contributed by atoms with Gasteiger partial charge in [0.15, 0.2) is 0 Å². The summed E-state index contributed by atoms with van der Waals surface area (Å²) in [5, 5.41) is 3.00. The Morgan fingerprint density at radius 2 is 1.91 bits per heavy atom. The van der Waals surface area contributed by atoms with Gasteiger partial charge in [0, 0.05) is 52.1 Å². The third kappa shape index (κ3) is 6.07. The minimum absolute atomic E-state index is 0.000270. The molecule has 0 atom stereocenters. The average Bonchev–Trinajstić information content (AvgIpc) is 3.09. The van der Waals surface area contributed by atoms with Gasteiger partial charge in [0.25, 0.3) is 6.43 Å².